The van der Waals surface area contributed by atoms with E-state index in [1.807, 2.05) is 31.2 Å². The van der Waals surface area contributed by atoms with Gasteiger partial charge in [0.25, 0.3) is 0 Å². The summed E-state index contributed by atoms with van der Waals surface area (Å²) in [5.74, 6) is 0. The van der Waals surface area contributed by atoms with E-state index in [1.54, 1.807) is 11.3 Å². The van der Waals surface area contributed by atoms with Crippen LogP contribution >= 0.6 is 11.3 Å². The quantitative estimate of drug-likeness (QED) is 0.774. The van der Waals surface area contributed by atoms with Crippen LogP contribution in [0.1, 0.15) is 43.2 Å². The van der Waals surface area contributed by atoms with Gasteiger partial charge in [0.15, 0.2) is 0 Å². The molecule has 0 saturated carbocycles. The minimum Gasteiger partial charge on any atom is -0.335 e. The number of benzene rings is 1. The van der Waals surface area contributed by atoms with Crippen molar-refractivity contribution in [2.24, 2.45) is 0 Å². The Morgan fingerprint density at radius 1 is 1.14 bits per heavy atom. The van der Waals surface area contributed by atoms with E-state index < -0.39 is 0 Å². The molecular weight excluding hydrogens is 292 g/mol. The molecule has 1 heterocycles. The molecule has 1 aromatic carbocycles. The fraction of sp³-hybridized carbons (Fsp3) is 0.389. The van der Waals surface area contributed by atoms with Crippen LogP contribution in [0.2, 0.25) is 0 Å². The SMILES string of the molecule is CCCC(NC(=O)NC(C)Cc1cccs1)c1ccccc1. The molecule has 0 radical (unpaired) electrons. The van der Waals surface area contributed by atoms with E-state index in [1.165, 1.54) is 4.88 Å². The van der Waals surface area contributed by atoms with Gasteiger partial charge in [0.05, 0.1) is 6.04 Å². The number of carbonyl (C=O) groups excluding carboxylic acids is 1. The number of urea groups is 1. The molecule has 2 rings (SSSR count). The van der Waals surface area contributed by atoms with Gasteiger partial charge in [-0.3, -0.25) is 0 Å². The Morgan fingerprint density at radius 2 is 1.91 bits per heavy atom. The highest BCUT2D eigenvalue weighted by molar-refractivity contribution is 7.09. The Labute approximate surface area is 136 Å². The summed E-state index contributed by atoms with van der Waals surface area (Å²) in [5, 5.41) is 8.20. The van der Waals surface area contributed by atoms with Crippen LogP contribution in [-0.2, 0) is 6.42 Å². The molecule has 0 aliphatic heterocycles. The fourth-order valence-corrected chi connectivity index (χ4v) is 3.34. The van der Waals surface area contributed by atoms with Crippen LogP contribution in [0, 0.1) is 0 Å². The second kappa shape index (κ2) is 8.59. The maximum Gasteiger partial charge on any atom is 0.315 e. The van der Waals surface area contributed by atoms with Crippen molar-refractivity contribution in [1.82, 2.24) is 10.6 Å². The molecule has 0 spiro atoms. The van der Waals surface area contributed by atoms with Crippen molar-refractivity contribution in [3.8, 4) is 0 Å². The average Bonchev–Trinajstić information content (AvgIpc) is 3.00. The molecular formula is C18H24N2OS. The monoisotopic (exact) mass is 316 g/mol. The highest BCUT2D eigenvalue weighted by Crippen LogP contribution is 2.18. The van der Waals surface area contributed by atoms with Gasteiger partial charge in [-0.15, -0.1) is 11.3 Å². The maximum atomic E-state index is 12.2. The lowest BCUT2D eigenvalue weighted by molar-refractivity contribution is 0.233. The van der Waals surface area contributed by atoms with Gasteiger partial charge in [0.1, 0.15) is 0 Å². The van der Waals surface area contributed by atoms with Gasteiger partial charge in [0.2, 0.25) is 0 Å². The summed E-state index contributed by atoms with van der Waals surface area (Å²) < 4.78 is 0. The molecule has 0 aliphatic rings. The van der Waals surface area contributed by atoms with Crippen molar-refractivity contribution >= 4 is 17.4 Å². The van der Waals surface area contributed by atoms with Crippen molar-refractivity contribution in [3.63, 3.8) is 0 Å². The van der Waals surface area contributed by atoms with Crippen molar-refractivity contribution < 1.29 is 4.79 Å². The van der Waals surface area contributed by atoms with E-state index in [2.05, 4.69) is 41.1 Å². The summed E-state index contributed by atoms with van der Waals surface area (Å²) >= 11 is 1.73. The van der Waals surface area contributed by atoms with Gasteiger partial charge in [0, 0.05) is 17.3 Å². The van der Waals surface area contributed by atoms with Gasteiger partial charge >= 0.3 is 6.03 Å². The molecule has 118 valence electrons. The Morgan fingerprint density at radius 3 is 2.55 bits per heavy atom. The maximum absolute atomic E-state index is 12.2. The average molecular weight is 316 g/mol. The second-order valence-electron chi connectivity index (χ2n) is 5.55. The minimum absolute atomic E-state index is 0.0696. The standard InChI is InChI=1S/C18H24N2OS/c1-3-8-17(15-9-5-4-6-10-15)20-18(21)19-14(2)13-16-11-7-12-22-16/h4-7,9-12,14,17H,3,8,13H2,1-2H3,(H2,19,20,21). The summed E-state index contributed by atoms with van der Waals surface area (Å²) in [4.78, 5) is 13.5. The minimum atomic E-state index is -0.0913. The lowest BCUT2D eigenvalue weighted by Crippen LogP contribution is -2.43. The van der Waals surface area contributed by atoms with Gasteiger partial charge in [-0.05, 0) is 30.4 Å². The van der Waals surface area contributed by atoms with Crippen LogP contribution in [0.25, 0.3) is 0 Å². The molecule has 2 aromatic rings. The number of thiophene rings is 1. The summed E-state index contributed by atoms with van der Waals surface area (Å²) in [5.41, 5.74) is 1.16. The predicted octanol–water partition coefficient (Wildman–Crippen LogP) is 4.52. The smallest absolute Gasteiger partial charge is 0.315 e. The third-order valence-electron chi connectivity index (χ3n) is 3.55. The van der Waals surface area contributed by atoms with E-state index in [4.69, 9.17) is 0 Å². The van der Waals surface area contributed by atoms with Gasteiger partial charge in [-0.2, -0.15) is 0 Å². The van der Waals surface area contributed by atoms with E-state index >= 15 is 0 Å². The van der Waals surface area contributed by atoms with Crippen LogP contribution in [0.5, 0.6) is 0 Å². The van der Waals surface area contributed by atoms with E-state index in [0.717, 1.165) is 24.8 Å². The zero-order valence-corrected chi connectivity index (χ0v) is 14.0. The number of hydrogen-bond donors (Lipinski definition) is 2. The number of amides is 2. The van der Waals surface area contributed by atoms with Crippen LogP contribution < -0.4 is 10.6 Å². The van der Waals surface area contributed by atoms with Crippen LogP contribution in [0.4, 0.5) is 4.79 Å². The van der Waals surface area contributed by atoms with Gasteiger partial charge < -0.3 is 10.6 Å². The molecule has 0 saturated heterocycles. The van der Waals surface area contributed by atoms with E-state index in [0.29, 0.717) is 0 Å². The highest BCUT2D eigenvalue weighted by atomic mass is 32.1. The van der Waals surface area contributed by atoms with E-state index in [9.17, 15) is 4.79 Å². The Bertz CT molecular complexity index is 554. The zero-order chi connectivity index (χ0) is 15.8. The summed E-state index contributed by atoms with van der Waals surface area (Å²) in [6.07, 6.45) is 2.84. The molecule has 2 atom stereocenters. The first kappa shape index (κ1) is 16.6. The Hall–Kier alpha value is -1.81. The summed E-state index contributed by atoms with van der Waals surface area (Å²) in [6, 6.07) is 14.4. The number of rotatable bonds is 7. The topological polar surface area (TPSA) is 41.1 Å². The van der Waals surface area contributed by atoms with E-state index in [-0.39, 0.29) is 18.1 Å². The Kier molecular flexibility index (Phi) is 6.46. The zero-order valence-electron chi connectivity index (χ0n) is 13.2. The lowest BCUT2D eigenvalue weighted by atomic mass is 10.0. The molecule has 0 aliphatic carbocycles. The van der Waals surface area contributed by atoms with Gasteiger partial charge in [-0.1, -0.05) is 49.7 Å². The third kappa shape index (κ3) is 5.19. The molecule has 2 amide bonds. The predicted molar refractivity (Wildman–Crippen MR) is 93.2 cm³/mol. The van der Waals surface area contributed by atoms with Crippen molar-refractivity contribution in [2.45, 2.75) is 45.2 Å². The number of nitrogens with one attached hydrogen (secondary N) is 2. The van der Waals surface area contributed by atoms with Crippen molar-refractivity contribution in [3.05, 3.63) is 58.3 Å². The molecule has 0 bridgehead atoms. The first-order valence-corrected chi connectivity index (χ1v) is 8.71. The van der Waals surface area contributed by atoms with Crippen LogP contribution in [0.15, 0.2) is 47.8 Å². The summed E-state index contributed by atoms with van der Waals surface area (Å²) in [6.45, 7) is 4.17. The third-order valence-corrected chi connectivity index (χ3v) is 4.45. The molecule has 2 N–H and O–H groups in total. The molecule has 4 heteroatoms. The molecule has 2 unspecified atom stereocenters. The van der Waals surface area contributed by atoms with Gasteiger partial charge in [-0.25, -0.2) is 4.79 Å². The molecule has 3 nitrogen and oxygen atoms in total. The first-order valence-electron chi connectivity index (χ1n) is 7.83. The lowest BCUT2D eigenvalue weighted by Gasteiger charge is -2.21. The number of hydrogen-bond acceptors (Lipinski definition) is 2. The molecule has 0 fully saturated rings. The largest absolute Gasteiger partial charge is 0.335 e. The van der Waals surface area contributed by atoms with Crippen LogP contribution in [0.3, 0.4) is 0 Å². The van der Waals surface area contributed by atoms with Crippen molar-refractivity contribution in [2.75, 3.05) is 0 Å². The second-order valence-corrected chi connectivity index (χ2v) is 6.59. The molecule has 1 aromatic heterocycles. The fourth-order valence-electron chi connectivity index (χ4n) is 2.50. The highest BCUT2D eigenvalue weighted by Gasteiger charge is 2.15. The first-order chi connectivity index (χ1) is 10.7. The number of carbonyl (C=O) groups is 1. The summed E-state index contributed by atoms with van der Waals surface area (Å²) in [7, 11) is 0. The van der Waals surface area contributed by atoms with Crippen molar-refractivity contribution in [1.29, 1.82) is 0 Å². The molecule has 22 heavy (non-hydrogen) atoms. The Balaban J connectivity index is 1.88. The normalized spacial score (nSPS) is 13.4. The van der Waals surface area contributed by atoms with Crippen LogP contribution in [-0.4, -0.2) is 12.1 Å².